The van der Waals surface area contributed by atoms with Crippen LogP contribution >= 0.6 is 11.6 Å². The Morgan fingerprint density at radius 3 is 1.95 bits per heavy atom. The highest BCUT2D eigenvalue weighted by Gasteiger charge is 2.20. The van der Waals surface area contributed by atoms with Gasteiger partial charge in [0.15, 0.2) is 11.5 Å². The third-order valence-electron chi connectivity index (χ3n) is 5.55. The molecule has 0 bridgehead atoms. The van der Waals surface area contributed by atoms with Gasteiger partial charge in [0.1, 0.15) is 30.5 Å². The number of Topliss-reactive ketones (excluding diaryl/α,β-unsaturated/α-hetero) is 1. The van der Waals surface area contributed by atoms with E-state index in [1.807, 2.05) is 48.5 Å². The molecule has 9 heteroatoms. The first-order valence-corrected chi connectivity index (χ1v) is 12.2. The van der Waals surface area contributed by atoms with Crippen molar-refractivity contribution in [1.29, 1.82) is 0 Å². The van der Waals surface area contributed by atoms with Gasteiger partial charge >= 0.3 is 0 Å². The second kappa shape index (κ2) is 14.1. The highest BCUT2D eigenvalue weighted by Crippen LogP contribution is 2.39. The summed E-state index contributed by atoms with van der Waals surface area (Å²) >= 11 is 6.66. The maximum atomic E-state index is 12.8. The number of carbonyl (C=O) groups excluding carboxylic acids is 2. The van der Waals surface area contributed by atoms with E-state index in [1.54, 1.807) is 26.4 Å². The third kappa shape index (κ3) is 8.13. The number of ether oxygens (including phenoxy) is 4. The zero-order valence-corrected chi connectivity index (χ0v) is 21.7. The summed E-state index contributed by atoms with van der Waals surface area (Å²) in [6.45, 7) is 0.778. The summed E-state index contributed by atoms with van der Waals surface area (Å²) in [4.78, 5) is 24.2. The normalized spacial score (nSPS) is 10.5. The van der Waals surface area contributed by atoms with Gasteiger partial charge in [0.05, 0.1) is 31.4 Å². The van der Waals surface area contributed by atoms with E-state index in [2.05, 4.69) is 5.32 Å². The van der Waals surface area contributed by atoms with E-state index in [1.165, 1.54) is 0 Å². The number of hydrogen-bond acceptors (Lipinski definition) is 7. The molecule has 3 N–H and O–H groups in total. The summed E-state index contributed by atoms with van der Waals surface area (Å²) in [5, 5.41) is 2.92. The second-order valence-corrected chi connectivity index (χ2v) is 8.51. The van der Waals surface area contributed by atoms with Crippen LogP contribution < -0.4 is 30.0 Å². The minimum absolute atomic E-state index is 0.00729. The van der Waals surface area contributed by atoms with E-state index in [9.17, 15) is 9.59 Å². The van der Waals surface area contributed by atoms with Gasteiger partial charge in [0, 0.05) is 13.0 Å². The Bertz CT molecular complexity index is 1180. The molecule has 8 nitrogen and oxygen atoms in total. The second-order valence-electron chi connectivity index (χ2n) is 8.13. The van der Waals surface area contributed by atoms with Crippen molar-refractivity contribution in [3.63, 3.8) is 0 Å². The molecule has 0 heterocycles. The Labute approximate surface area is 221 Å². The van der Waals surface area contributed by atoms with Gasteiger partial charge in [-0.25, -0.2) is 0 Å². The summed E-state index contributed by atoms with van der Waals surface area (Å²) in [6, 6.07) is 18.2. The molecule has 0 saturated carbocycles. The topological polar surface area (TPSA) is 109 Å². The molecular weight excluding hydrogens is 496 g/mol. The number of amides is 1. The number of hydrogen-bond donors (Lipinski definition) is 2. The van der Waals surface area contributed by atoms with E-state index in [4.69, 9.17) is 36.3 Å². The summed E-state index contributed by atoms with van der Waals surface area (Å²) in [7, 11) is 3.21. The Morgan fingerprint density at radius 1 is 0.838 bits per heavy atom. The first-order chi connectivity index (χ1) is 17.9. The van der Waals surface area contributed by atoms with Crippen molar-refractivity contribution >= 4 is 23.3 Å². The summed E-state index contributed by atoms with van der Waals surface area (Å²) in [6.07, 6.45) is 0.794. The molecule has 3 aromatic carbocycles. The van der Waals surface area contributed by atoms with Gasteiger partial charge in [-0.05, 0) is 53.9 Å². The Balaban J connectivity index is 1.77. The highest BCUT2D eigenvalue weighted by molar-refractivity contribution is 6.35. The number of carbonyl (C=O) groups is 2. The average Bonchev–Trinajstić information content (AvgIpc) is 2.93. The summed E-state index contributed by atoms with van der Waals surface area (Å²) in [5.41, 5.74) is 7.38. The van der Waals surface area contributed by atoms with Gasteiger partial charge in [-0.15, -0.1) is 0 Å². The van der Waals surface area contributed by atoms with Gasteiger partial charge < -0.3 is 30.0 Å². The van der Waals surface area contributed by atoms with E-state index in [-0.39, 0.29) is 47.8 Å². The van der Waals surface area contributed by atoms with Crippen LogP contribution in [-0.4, -0.2) is 39.0 Å². The number of ketones is 1. The number of benzene rings is 3. The smallest absolute Gasteiger partial charge is 0.252 e. The quantitative estimate of drug-likeness (QED) is 0.296. The maximum Gasteiger partial charge on any atom is 0.252 e. The van der Waals surface area contributed by atoms with Gasteiger partial charge in [-0.3, -0.25) is 9.59 Å². The molecule has 0 radical (unpaired) electrons. The lowest BCUT2D eigenvalue weighted by molar-refractivity contribution is -0.117. The van der Waals surface area contributed by atoms with Crippen molar-refractivity contribution in [2.75, 3.05) is 27.3 Å². The first-order valence-electron chi connectivity index (χ1n) is 11.8. The number of nitrogens with one attached hydrogen (secondary N) is 1. The SMILES string of the molecule is COc1ccc(COc2ccc(C(=O)NCCCC(=O)CN)c(Cl)c2OCc2ccc(OC)cc2)cc1. The standard InChI is InChI=1S/C28H31ClN2O6/c1-34-22-9-5-19(6-10-22)17-36-25-14-13-24(28(33)31-15-3-4-21(32)16-30)26(29)27(25)37-18-20-7-11-23(35-2)12-8-20/h5-14H,3-4,15-18,30H2,1-2H3,(H,31,33). The monoisotopic (exact) mass is 526 g/mol. The molecule has 1 amide bonds. The molecule has 0 aliphatic heterocycles. The average molecular weight is 527 g/mol. The highest BCUT2D eigenvalue weighted by atomic mass is 35.5. The van der Waals surface area contributed by atoms with Gasteiger partial charge in [-0.2, -0.15) is 0 Å². The van der Waals surface area contributed by atoms with E-state index in [0.717, 1.165) is 22.6 Å². The van der Waals surface area contributed by atoms with Crippen molar-refractivity contribution in [1.82, 2.24) is 5.32 Å². The van der Waals surface area contributed by atoms with Crippen LogP contribution in [0.4, 0.5) is 0 Å². The minimum Gasteiger partial charge on any atom is -0.497 e. The fraction of sp³-hybridized carbons (Fsp3) is 0.286. The number of halogens is 1. The molecule has 0 aliphatic rings. The lowest BCUT2D eigenvalue weighted by Gasteiger charge is -2.17. The van der Waals surface area contributed by atoms with E-state index < -0.39 is 0 Å². The molecule has 37 heavy (non-hydrogen) atoms. The molecule has 0 unspecified atom stereocenters. The van der Waals surface area contributed by atoms with Crippen LogP contribution in [0, 0.1) is 0 Å². The molecule has 3 rings (SSSR count). The summed E-state index contributed by atoms with van der Waals surface area (Å²) in [5.74, 6) is 1.72. The third-order valence-corrected chi connectivity index (χ3v) is 5.92. The lowest BCUT2D eigenvalue weighted by atomic mass is 10.1. The van der Waals surface area contributed by atoms with Crippen LogP contribution in [0.15, 0.2) is 60.7 Å². The van der Waals surface area contributed by atoms with Gasteiger partial charge in [0.25, 0.3) is 5.91 Å². The van der Waals surface area contributed by atoms with E-state index in [0.29, 0.717) is 25.1 Å². The molecule has 0 fully saturated rings. The molecule has 0 aromatic heterocycles. The van der Waals surface area contributed by atoms with Crippen LogP contribution in [0.25, 0.3) is 0 Å². The fourth-order valence-corrected chi connectivity index (χ4v) is 3.70. The van der Waals surface area contributed by atoms with Crippen molar-refractivity contribution in [3.8, 4) is 23.0 Å². The number of nitrogens with two attached hydrogens (primary N) is 1. The predicted molar refractivity (Wildman–Crippen MR) is 142 cm³/mol. The largest absolute Gasteiger partial charge is 0.497 e. The Kier molecular flexibility index (Phi) is 10.6. The predicted octanol–water partition coefficient (Wildman–Crippen LogP) is 4.55. The summed E-state index contributed by atoms with van der Waals surface area (Å²) < 4.78 is 22.5. The molecule has 196 valence electrons. The Morgan fingerprint density at radius 2 is 1.41 bits per heavy atom. The van der Waals surface area contributed by atoms with Crippen molar-refractivity contribution in [2.24, 2.45) is 5.73 Å². The molecule has 3 aromatic rings. The van der Waals surface area contributed by atoms with Crippen LogP contribution in [0.1, 0.15) is 34.3 Å². The van der Waals surface area contributed by atoms with Crippen LogP contribution in [0.3, 0.4) is 0 Å². The van der Waals surface area contributed by atoms with Crippen LogP contribution in [0.5, 0.6) is 23.0 Å². The minimum atomic E-state index is -0.374. The molecule has 0 spiro atoms. The van der Waals surface area contributed by atoms with Crippen LogP contribution in [0.2, 0.25) is 5.02 Å². The van der Waals surface area contributed by atoms with Crippen molar-refractivity contribution < 1.29 is 28.5 Å². The maximum absolute atomic E-state index is 12.8. The van der Waals surface area contributed by atoms with Crippen molar-refractivity contribution in [3.05, 3.63) is 82.4 Å². The first kappa shape index (κ1) is 27.8. The van der Waals surface area contributed by atoms with Gasteiger partial charge in [-0.1, -0.05) is 35.9 Å². The van der Waals surface area contributed by atoms with E-state index >= 15 is 0 Å². The molecular formula is C28H31ClN2O6. The van der Waals surface area contributed by atoms with Crippen molar-refractivity contribution in [2.45, 2.75) is 26.1 Å². The van der Waals surface area contributed by atoms with Crippen LogP contribution in [-0.2, 0) is 18.0 Å². The molecule has 0 aliphatic carbocycles. The number of rotatable bonds is 14. The lowest BCUT2D eigenvalue weighted by Crippen LogP contribution is -2.26. The zero-order valence-electron chi connectivity index (χ0n) is 20.9. The Hall–Kier alpha value is -3.75. The number of methoxy groups -OCH3 is 2. The zero-order chi connectivity index (χ0) is 26.6. The van der Waals surface area contributed by atoms with Gasteiger partial charge in [0.2, 0.25) is 0 Å². The molecule has 0 saturated heterocycles. The fourth-order valence-electron chi connectivity index (χ4n) is 3.41. The molecule has 0 atom stereocenters.